The zero-order valence-corrected chi connectivity index (χ0v) is 12.4. The first-order valence-corrected chi connectivity index (χ1v) is 7.09. The van der Waals surface area contributed by atoms with E-state index in [4.69, 9.17) is 4.74 Å². The van der Waals surface area contributed by atoms with Gasteiger partial charge in [0.1, 0.15) is 11.5 Å². The highest BCUT2D eigenvalue weighted by Gasteiger charge is 2.14. The number of ether oxygens (including phenoxy) is 1. The SMILES string of the molecule is CCCCOc1ccccc1NC(=O)CC(=O)C(C)C. The van der Waals surface area contributed by atoms with E-state index in [1.165, 1.54) is 0 Å². The van der Waals surface area contributed by atoms with Crippen molar-refractivity contribution >= 4 is 17.4 Å². The second-order valence-electron chi connectivity index (χ2n) is 5.04. The molecule has 20 heavy (non-hydrogen) atoms. The van der Waals surface area contributed by atoms with Gasteiger partial charge < -0.3 is 10.1 Å². The van der Waals surface area contributed by atoms with Crippen molar-refractivity contribution in [1.82, 2.24) is 0 Å². The minimum absolute atomic E-state index is 0.0631. The second-order valence-corrected chi connectivity index (χ2v) is 5.04. The minimum atomic E-state index is -0.296. The average molecular weight is 277 g/mol. The lowest BCUT2D eigenvalue weighted by Gasteiger charge is -2.12. The van der Waals surface area contributed by atoms with Gasteiger partial charge in [0.2, 0.25) is 5.91 Å². The number of nitrogens with one attached hydrogen (secondary N) is 1. The van der Waals surface area contributed by atoms with Gasteiger partial charge in [-0.3, -0.25) is 9.59 Å². The van der Waals surface area contributed by atoms with Gasteiger partial charge in [-0.1, -0.05) is 39.3 Å². The largest absolute Gasteiger partial charge is 0.491 e. The molecule has 0 fully saturated rings. The summed E-state index contributed by atoms with van der Waals surface area (Å²) in [5.74, 6) is 0.158. The number of unbranched alkanes of at least 4 members (excludes halogenated alkanes) is 1. The van der Waals surface area contributed by atoms with E-state index in [-0.39, 0.29) is 24.0 Å². The Morgan fingerprint density at radius 3 is 2.60 bits per heavy atom. The van der Waals surface area contributed by atoms with Crippen LogP contribution in [-0.4, -0.2) is 18.3 Å². The van der Waals surface area contributed by atoms with Gasteiger partial charge in [0.25, 0.3) is 0 Å². The van der Waals surface area contributed by atoms with E-state index >= 15 is 0 Å². The fraction of sp³-hybridized carbons (Fsp3) is 0.500. The van der Waals surface area contributed by atoms with Crippen molar-refractivity contribution in [2.45, 2.75) is 40.0 Å². The maximum absolute atomic E-state index is 11.8. The third kappa shape index (κ3) is 5.43. The number of ketones is 1. The van der Waals surface area contributed by atoms with Crippen molar-refractivity contribution < 1.29 is 14.3 Å². The summed E-state index contributed by atoms with van der Waals surface area (Å²) in [6, 6.07) is 7.28. The number of amides is 1. The van der Waals surface area contributed by atoms with Crippen molar-refractivity contribution in [3.63, 3.8) is 0 Å². The number of para-hydroxylation sites is 2. The lowest BCUT2D eigenvalue weighted by Crippen LogP contribution is -2.19. The third-order valence-corrected chi connectivity index (χ3v) is 2.90. The van der Waals surface area contributed by atoms with Crippen molar-refractivity contribution in [2.24, 2.45) is 5.92 Å². The molecule has 0 aromatic heterocycles. The zero-order valence-electron chi connectivity index (χ0n) is 12.4. The first-order chi connectivity index (χ1) is 9.54. The summed E-state index contributed by atoms with van der Waals surface area (Å²) in [7, 11) is 0. The highest BCUT2D eigenvalue weighted by Crippen LogP contribution is 2.24. The molecule has 0 aliphatic carbocycles. The third-order valence-electron chi connectivity index (χ3n) is 2.90. The molecule has 0 aliphatic rings. The molecule has 0 unspecified atom stereocenters. The fourth-order valence-electron chi connectivity index (χ4n) is 1.58. The molecule has 4 nitrogen and oxygen atoms in total. The minimum Gasteiger partial charge on any atom is -0.491 e. The van der Waals surface area contributed by atoms with Gasteiger partial charge >= 0.3 is 0 Å². The molecule has 4 heteroatoms. The van der Waals surface area contributed by atoms with Crippen LogP contribution in [0.25, 0.3) is 0 Å². The second kappa shape index (κ2) is 8.35. The van der Waals surface area contributed by atoms with Crippen LogP contribution in [0, 0.1) is 5.92 Å². The maximum atomic E-state index is 11.8. The van der Waals surface area contributed by atoms with Gasteiger partial charge in [-0.2, -0.15) is 0 Å². The van der Waals surface area contributed by atoms with Crippen LogP contribution < -0.4 is 10.1 Å². The van der Waals surface area contributed by atoms with E-state index in [1.807, 2.05) is 18.2 Å². The van der Waals surface area contributed by atoms with E-state index in [0.717, 1.165) is 12.8 Å². The summed E-state index contributed by atoms with van der Waals surface area (Å²) in [6.45, 7) is 6.29. The molecule has 1 aromatic carbocycles. The molecule has 0 bridgehead atoms. The lowest BCUT2D eigenvalue weighted by atomic mass is 10.1. The Labute approximate surface area is 120 Å². The van der Waals surface area contributed by atoms with Crippen LogP contribution >= 0.6 is 0 Å². The quantitative estimate of drug-likeness (QED) is 0.585. The first-order valence-electron chi connectivity index (χ1n) is 7.09. The molecule has 0 radical (unpaired) electrons. The van der Waals surface area contributed by atoms with Crippen LogP contribution in [0.5, 0.6) is 5.75 Å². The number of hydrogen-bond acceptors (Lipinski definition) is 3. The van der Waals surface area contributed by atoms with Crippen LogP contribution in [0.4, 0.5) is 5.69 Å². The molecule has 1 N–H and O–H groups in total. The normalized spacial score (nSPS) is 10.4. The summed E-state index contributed by atoms with van der Waals surface area (Å²) >= 11 is 0. The molecule has 0 atom stereocenters. The van der Waals surface area contributed by atoms with Crippen molar-refractivity contribution in [2.75, 3.05) is 11.9 Å². The summed E-state index contributed by atoms with van der Waals surface area (Å²) in [5.41, 5.74) is 0.616. The highest BCUT2D eigenvalue weighted by atomic mass is 16.5. The van der Waals surface area contributed by atoms with Gasteiger partial charge in [-0.05, 0) is 18.6 Å². The Kier molecular flexibility index (Phi) is 6.77. The van der Waals surface area contributed by atoms with E-state index in [9.17, 15) is 9.59 Å². The van der Waals surface area contributed by atoms with Gasteiger partial charge in [-0.25, -0.2) is 0 Å². The van der Waals surface area contributed by atoms with E-state index in [0.29, 0.717) is 18.0 Å². The van der Waals surface area contributed by atoms with Gasteiger partial charge in [-0.15, -0.1) is 0 Å². The Bertz CT molecular complexity index is 455. The fourth-order valence-corrected chi connectivity index (χ4v) is 1.58. The van der Waals surface area contributed by atoms with Crippen LogP contribution in [0.1, 0.15) is 40.0 Å². The standard InChI is InChI=1S/C16H23NO3/c1-4-5-10-20-15-9-7-6-8-13(15)17-16(19)11-14(18)12(2)3/h6-9,12H,4-5,10-11H2,1-3H3,(H,17,19). The molecule has 0 saturated heterocycles. The average Bonchev–Trinajstić information content (AvgIpc) is 2.40. The van der Waals surface area contributed by atoms with Crippen molar-refractivity contribution in [3.8, 4) is 5.75 Å². The van der Waals surface area contributed by atoms with Crippen LogP contribution in [0.2, 0.25) is 0 Å². The Balaban J connectivity index is 2.62. The molecule has 0 spiro atoms. The van der Waals surface area contributed by atoms with Crippen LogP contribution in [0.15, 0.2) is 24.3 Å². The summed E-state index contributed by atoms with van der Waals surface area (Å²) in [6.07, 6.45) is 1.92. The number of hydrogen-bond donors (Lipinski definition) is 1. The van der Waals surface area contributed by atoms with Crippen molar-refractivity contribution in [3.05, 3.63) is 24.3 Å². The Morgan fingerprint density at radius 2 is 1.95 bits per heavy atom. The molecule has 0 heterocycles. The first kappa shape index (κ1) is 16.2. The summed E-state index contributed by atoms with van der Waals surface area (Å²) in [5, 5.41) is 2.74. The van der Waals surface area contributed by atoms with Gasteiger partial charge in [0.05, 0.1) is 18.7 Å². The number of carbonyl (C=O) groups excluding carboxylic acids is 2. The Morgan fingerprint density at radius 1 is 1.25 bits per heavy atom. The van der Waals surface area contributed by atoms with Gasteiger partial charge in [0, 0.05) is 5.92 Å². The van der Waals surface area contributed by atoms with Crippen LogP contribution in [0.3, 0.4) is 0 Å². The molecule has 110 valence electrons. The summed E-state index contributed by atoms with van der Waals surface area (Å²) < 4.78 is 5.63. The highest BCUT2D eigenvalue weighted by molar-refractivity contribution is 6.05. The molecule has 1 rings (SSSR count). The smallest absolute Gasteiger partial charge is 0.231 e. The summed E-state index contributed by atoms with van der Waals surface area (Å²) in [4.78, 5) is 23.4. The zero-order chi connectivity index (χ0) is 15.0. The molecule has 1 amide bonds. The predicted octanol–water partition coefficient (Wildman–Crippen LogP) is 3.42. The number of anilines is 1. The molecular formula is C16H23NO3. The maximum Gasteiger partial charge on any atom is 0.231 e. The van der Waals surface area contributed by atoms with Crippen molar-refractivity contribution in [1.29, 1.82) is 0 Å². The monoisotopic (exact) mass is 277 g/mol. The molecular weight excluding hydrogens is 254 g/mol. The number of benzene rings is 1. The van der Waals surface area contributed by atoms with E-state index < -0.39 is 0 Å². The van der Waals surface area contributed by atoms with Gasteiger partial charge in [0.15, 0.2) is 0 Å². The molecule has 1 aromatic rings. The number of rotatable bonds is 8. The lowest BCUT2D eigenvalue weighted by molar-refractivity contribution is -0.127. The topological polar surface area (TPSA) is 55.4 Å². The van der Waals surface area contributed by atoms with E-state index in [1.54, 1.807) is 19.9 Å². The van der Waals surface area contributed by atoms with E-state index in [2.05, 4.69) is 12.2 Å². The predicted molar refractivity (Wildman–Crippen MR) is 79.9 cm³/mol. The molecule has 0 aliphatic heterocycles. The number of carbonyl (C=O) groups is 2. The Hall–Kier alpha value is -1.84. The number of Topliss-reactive ketones (excluding diaryl/α,β-unsaturated/α-hetero) is 1. The molecule has 0 saturated carbocycles. The van der Waals surface area contributed by atoms with Crippen LogP contribution in [-0.2, 0) is 9.59 Å².